The predicted molar refractivity (Wildman–Crippen MR) is 76.7 cm³/mol. The molecule has 0 aliphatic rings. The fourth-order valence-corrected chi connectivity index (χ4v) is 2.04. The van der Waals surface area contributed by atoms with Gasteiger partial charge in [-0.2, -0.15) is 5.10 Å². The Balaban J connectivity index is 2.11. The lowest BCUT2D eigenvalue weighted by atomic mass is 10.1. The van der Waals surface area contributed by atoms with Crippen LogP contribution < -0.4 is 10.9 Å². The van der Waals surface area contributed by atoms with E-state index in [0.29, 0.717) is 23.8 Å². The summed E-state index contributed by atoms with van der Waals surface area (Å²) < 4.78 is 2.94. The molecule has 0 radical (unpaired) electrons. The molecule has 0 unspecified atom stereocenters. The number of nitrogens with zero attached hydrogens (tertiary/aromatic N) is 3. The number of aromatic nitrogens is 3. The molecule has 0 aliphatic heterocycles. The summed E-state index contributed by atoms with van der Waals surface area (Å²) in [4.78, 5) is 24.0. The first-order valence-electron chi connectivity index (χ1n) is 6.80. The number of nitrogens with one attached hydrogen (secondary N) is 1. The van der Waals surface area contributed by atoms with Crippen molar-refractivity contribution in [3.63, 3.8) is 0 Å². The van der Waals surface area contributed by atoms with Crippen molar-refractivity contribution in [2.75, 3.05) is 6.54 Å². The lowest BCUT2D eigenvalue weighted by Gasteiger charge is -2.09. The summed E-state index contributed by atoms with van der Waals surface area (Å²) in [5.74, 6) is 1.03. The van der Waals surface area contributed by atoms with Crippen LogP contribution in [0.1, 0.15) is 26.1 Å². The third-order valence-electron chi connectivity index (χ3n) is 3.15. The van der Waals surface area contributed by atoms with Crippen molar-refractivity contribution in [1.82, 2.24) is 19.5 Å². The molecule has 2 aromatic heterocycles. The van der Waals surface area contributed by atoms with Gasteiger partial charge in [-0.3, -0.25) is 14.0 Å². The summed E-state index contributed by atoms with van der Waals surface area (Å²) in [5, 5.41) is 6.97. The van der Waals surface area contributed by atoms with Crippen LogP contribution in [-0.2, 0) is 11.3 Å². The van der Waals surface area contributed by atoms with E-state index in [2.05, 4.69) is 24.3 Å². The molecule has 0 saturated carbocycles. The van der Waals surface area contributed by atoms with Crippen LogP contribution in [0.4, 0.5) is 0 Å². The molecule has 1 N–H and O–H groups in total. The van der Waals surface area contributed by atoms with Gasteiger partial charge < -0.3 is 5.32 Å². The number of fused-ring (bicyclic) bond motifs is 1. The average molecular weight is 276 g/mol. The maximum absolute atomic E-state index is 12.2. The molecule has 2 rings (SSSR count). The van der Waals surface area contributed by atoms with Gasteiger partial charge in [-0.15, -0.1) is 0 Å². The van der Waals surface area contributed by atoms with Gasteiger partial charge in [0, 0.05) is 12.7 Å². The average Bonchev–Trinajstić information content (AvgIpc) is 2.85. The quantitative estimate of drug-likeness (QED) is 0.884. The third kappa shape index (κ3) is 3.07. The van der Waals surface area contributed by atoms with E-state index >= 15 is 0 Å². The van der Waals surface area contributed by atoms with Gasteiger partial charge in [-0.1, -0.05) is 13.8 Å². The van der Waals surface area contributed by atoms with E-state index in [-0.39, 0.29) is 18.0 Å². The molecule has 6 heteroatoms. The number of amides is 1. The van der Waals surface area contributed by atoms with Gasteiger partial charge in [0.2, 0.25) is 5.91 Å². The van der Waals surface area contributed by atoms with E-state index in [9.17, 15) is 9.59 Å². The molecule has 0 saturated heterocycles. The lowest BCUT2D eigenvalue weighted by molar-refractivity contribution is -0.121. The minimum atomic E-state index is -0.250. The second-order valence-corrected chi connectivity index (χ2v) is 5.31. The summed E-state index contributed by atoms with van der Waals surface area (Å²) in [7, 11) is 0. The Morgan fingerprint density at radius 3 is 2.90 bits per heavy atom. The van der Waals surface area contributed by atoms with E-state index in [1.807, 2.05) is 0 Å². The number of carbonyl (C=O) groups excluding carboxylic acids is 1. The van der Waals surface area contributed by atoms with E-state index in [1.54, 1.807) is 29.7 Å². The van der Waals surface area contributed by atoms with Crippen LogP contribution in [0.2, 0.25) is 0 Å². The molecule has 2 heterocycles. The molecule has 0 aromatic carbocycles. The van der Waals surface area contributed by atoms with Crippen molar-refractivity contribution in [2.45, 2.75) is 33.7 Å². The van der Waals surface area contributed by atoms with Gasteiger partial charge >= 0.3 is 0 Å². The summed E-state index contributed by atoms with van der Waals surface area (Å²) >= 11 is 0. The standard InChI is InChI=1S/C14H20N4O2/c1-10(2)6-7-15-13(19)9-18-14(20)12-5-4-8-17(12)11(3)16-18/h4-5,8,10H,6-7,9H2,1-3H3,(H,15,19). The van der Waals surface area contributed by atoms with Crippen molar-refractivity contribution in [1.29, 1.82) is 0 Å². The first kappa shape index (κ1) is 14.3. The van der Waals surface area contributed by atoms with E-state index in [0.717, 1.165) is 6.42 Å². The number of carbonyl (C=O) groups is 1. The molecule has 6 nitrogen and oxygen atoms in total. The molecule has 0 atom stereocenters. The zero-order valence-corrected chi connectivity index (χ0v) is 12.1. The van der Waals surface area contributed by atoms with E-state index in [1.165, 1.54) is 4.68 Å². The van der Waals surface area contributed by atoms with Crippen LogP contribution in [0, 0.1) is 12.8 Å². The van der Waals surface area contributed by atoms with Crippen LogP contribution in [-0.4, -0.2) is 26.6 Å². The molecule has 20 heavy (non-hydrogen) atoms. The van der Waals surface area contributed by atoms with E-state index < -0.39 is 0 Å². The highest BCUT2D eigenvalue weighted by Gasteiger charge is 2.10. The SMILES string of the molecule is Cc1nn(CC(=O)NCCC(C)C)c(=O)c2cccn12. The summed E-state index contributed by atoms with van der Waals surface area (Å²) in [6.45, 7) is 6.58. The molecule has 0 bridgehead atoms. The monoisotopic (exact) mass is 276 g/mol. The maximum Gasteiger partial charge on any atom is 0.291 e. The van der Waals surface area contributed by atoms with Gasteiger partial charge in [0.25, 0.3) is 5.56 Å². The number of aryl methyl sites for hydroxylation is 1. The largest absolute Gasteiger partial charge is 0.354 e. The molecule has 2 aromatic rings. The van der Waals surface area contributed by atoms with Gasteiger partial charge in [-0.25, -0.2) is 4.68 Å². The summed E-state index contributed by atoms with van der Waals surface area (Å²) in [5.41, 5.74) is 0.284. The third-order valence-corrected chi connectivity index (χ3v) is 3.15. The second kappa shape index (κ2) is 5.90. The number of hydrogen-bond donors (Lipinski definition) is 1. The molecule has 1 amide bonds. The molecular weight excluding hydrogens is 256 g/mol. The molecule has 108 valence electrons. The number of hydrogen-bond acceptors (Lipinski definition) is 3. The Kier molecular flexibility index (Phi) is 4.22. The van der Waals surface area contributed by atoms with Gasteiger partial charge in [-0.05, 0) is 31.4 Å². The summed E-state index contributed by atoms with van der Waals surface area (Å²) in [6.07, 6.45) is 2.71. The Labute approximate surface area is 117 Å². The zero-order valence-electron chi connectivity index (χ0n) is 12.1. The second-order valence-electron chi connectivity index (χ2n) is 5.31. The normalized spacial score (nSPS) is 11.2. The minimum absolute atomic E-state index is 0.0422. The summed E-state index contributed by atoms with van der Waals surface area (Å²) in [6, 6.07) is 3.52. The number of rotatable bonds is 5. The Bertz CT molecular complexity index is 669. The first-order valence-corrected chi connectivity index (χ1v) is 6.80. The minimum Gasteiger partial charge on any atom is -0.354 e. The topological polar surface area (TPSA) is 68.4 Å². The van der Waals surface area contributed by atoms with Crippen LogP contribution in [0.5, 0.6) is 0 Å². The molecule has 0 aliphatic carbocycles. The van der Waals surface area contributed by atoms with Crippen LogP contribution >= 0.6 is 0 Å². The Hall–Kier alpha value is -2.11. The predicted octanol–water partition coefficient (Wildman–Crippen LogP) is 0.967. The van der Waals surface area contributed by atoms with Crippen LogP contribution in [0.25, 0.3) is 5.52 Å². The lowest BCUT2D eigenvalue weighted by Crippen LogP contribution is -2.35. The van der Waals surface area contributed by atoms with Crippen molar-refractivity contribution in [2.24, 2.45) is 5.92 Å². The zero-order chi connectivity index (χ0) is 14.7. The van der Waals surface area contributed by atoms with Gasteiger partial charge in [0.15, 0.2) is 0 Å². The Morgan fingerprint density at radius 1 is 1.45 bits per heavy atom. The van der Waals surface area contributed by atoms with Crippen LogP contribution in [0.15, 0.2) is 23.1 Å². The van der Waals surface area contributed by atoms with Gasteiger partial charge in [0.1, 0.15) is 17.9 Å². The van der Waals surface area contributed by atoms with Crippen molar-refractivity contribution in [3.05, 3.63) is 34.5 Å². The highest BCUT2D eigenvalue weighted by Crippen LogP contribution is 2.00. The van der Waals surface area contributed by atoms with Crippen molar-refractivity contribution in [3.8, 4) is 0 Å². The molecule has 0 fully saturated rings. The van der Waals surface area contributed by atoms with Gasteiger partial charge in [0.05, 0.1) is 0 Å². The smallest absolute Gasteiger partial charge is 0.291 e. The fraction of sp³-hybridized carbons (Fsp3) is 0.500. The highest BCUT2D eigenvalue weighted by molar-refractivity contribution is 5.75. The first-order chi connectivity index (χ1) is 9.49. The molecule has 0 spiro atoms. The van der Waals surface area contributed by atoms with Crippen molar-refractivity contribution >= 4 is 11.4 Å². The Morgan fingerprint density at radius 2 is 2.20 bits per heavy atom. The molecular formula is C14H20N4O2. The van der Waals surface area contributed by atoms with Crippen LogP contribution in [0.3, 0.4) is 0 Å². The highest BCUT2D eigenvalue weighted by atomic mass is 16.2. The van der Waals surface area contributed by atoms with E-state index in [4.69, 9.17) is 0 Å². The maximum atomic E-state index is 12.2. The fourth-order valence-electron chi connectivity index (χ4n) is 2.04. The van der Waals surface area contributed by atoms with Crippen molar-refractivity contribution < 1.29 is 4.79 Å².